The standard InChI is InChI=1S/C25H37NO/c1-4-6-7-8-9-12-22-13-18-25(26-20-22)23-14-16-24(17-15-23)27-19-10-11-21(3)5-2/h13-18,20-21H,4-12,19H2,1-3H3. The second-order valence-corrected chi connectivity index (χ2v) is 7.74. The maximum Gasteiger partial charge on any atom is 0.119 e. The van der Waals surface area contributed by atoms with E-state index in [0.29, 0.717) is 0 Å². The number of unbranched alkanes of at least 4 members (excludes halogenated alkanes) is 4. The molecular formula is C25H37NO. The van der Waals surface area contributed by atoms with Crippen molar-refractivity contribution in [1.82, 2.24) is 4.98 Å². The van der Waals surface area contributed by atoms with E-state index >= 15 is 0 Å². The summed E-state index contributed by atoms with van der Waals surface area (Å²) in [6.07, 6.45) is 13.4. The predicted molar refractivity (Wildman–Crippen MR) is 116 cm³/mol. The van der Waals surface area contributed by atoms with Gasteiger partial charge in [-0.3, -0.25) is 4.98 Å². The van der Waals surface area contributed by atoms with Crippen molar-refractivity contribution in [3.8, 4) is 17.0 Å². The minimum atomic E-state index is 0.793. The van der Waals surface area contributed by atoms with E-state index in [2.05, 4.69) is 62.2 Å². The van der Waals surface area contributed by atoms with E-state index in [1.54, 1.807) is 0 Å². The summed E-state index contributed by atoms with van der Waals surface area (Å²) in [7, 11) is 0. The molecule has 0 bridgehead atoms. The third-order valence-corrected chi connectivity index (χ3v) is 5.35. The van der Waals surface area contributed by atoms with Gasteiger partial charge in [0.25, 0.3) is 0 Å². The minimum absolute atomic E-state index is 0.793. The molecule has 2 heteroatoms. The summed E-state index contributed by atoms with van der Waals surface area (Å²) < 4.78 is 5.86. The monoisotopic (exact) mass is 367 g/mol. The SMILES string of the molecule is CCCCCCCc1ccc(-c2ccc(OCCCC(C)CC)cc2)nc1. The molecular weight excluding hydrogens is 330 g/mol. The summed E-state index contributed by atoms with van der Waals surface area (Å²) in [5, 5.41) is 0. The Hall–Kier alpha value is -1.83. The van der Waals surface area contributed by atoms with E-state index in [9.17, 15) is 0 Å². The van der Waals surface area contributed by atoms with Crippen molar-refractivity contribution in [2.24, 2.45) is 5.92 Å². The molecule has 0 saturated heterocycles. The van der Waals surface area contributed by atoms with Crippen LogP contribution in [0.2, 0.25) is 0 Å². The summed E-state index contributed by atoms with van der Waals surface area (Å²) in [4.78, 5) is 4.66. The molecule has 2 nitrogen and oxygen atoms in total. The Labute approximate surface area is 166 Å². The van der Waals surface area contributed by atoms with E-state index in [1.165, 1.54) is 50.5 Å². The van der Waals surface area contributed by atoms with Crippen molar-refractivity contribution >= 4 is 0 Å². The number of nitrogens with zero attached hydrogens (tertiary/aromatic N) is 1. The van der Waals surface area contributed by atoms with Gasteiger partial charge in [0.05, 0.1) is 12.3 Å². The van der Waals surface area contributed by atoms with Gasteiger partial charge in [-0.1, -0.05) is 58.9 Å². The van der Waals surface area contributed by atoms with Gasteiger partial charge in [0.2, 0.25) is 0 Å². The van der Waals surface area contributed by atoms with Crippen LogP contribution in [0.1, 0.15) is 77.7 Å². The van der Waals surface area contributed by atoms with Crippen molar-refractivity contribution in [2.75, 3.05) is 6.61 Å². The summed E-state index contributed by atoms with van der Waals surface area (Å²) in [6, 6.07) is 12.7. The van der Waals surface area contributed by atoms with Crippen LogP contribution in [-0.4, -0.2) is 11.6 Å². The molecule has 0 aliphatic heterocycles. The number of rotatable bonds is 13. The maximum atomic E-state index is 5.86. The fourth-order valence-electron chi connectivity index (χ4n) is 3.22. The largest absolute Gasteiger partial charge is 0.494 e. The number of hydrogen-bond acceptors (Lipinski definition) is 2. The highest BCUT2D eigenvalue weighted by Gasteiger charge is 2.03. The second kappa shape index (κ2) is 12.5. The zero-order chi connectivity index (χ0) is 19.3. The fourth-order valence-corrected chi connectivity index (χ4v) is 3.22. The van der Waals surface area contributed by atoms with Crippen molar-refractivity contribution in [3.05, 3.63) is 48.2 Å². The quantitative estimate of drug-likeness (QED) is 0.343. The molecule has 0 radical (unpaired) electrons. The summed E-state index contributed by atoms with van der Waals surface area (Å²) in [5.41, 5.74) is 3.53. The van der Waals surface area contributed by atoms with Crippen molar-refractivity contribution in [3.63, 3.8) is 0 Å². The van der Waals surface area contributed by atoms with E-state index in [4.69, 9.17) is 4.74 Å². The number of ether oxygens (including phenoxy) is 1. The highest BCUT2D eigenvalue weighted by Crippen LogP contribution is 2.22. The molecule has 1 aromatic carbocycles. The number of hydrogen-bond donors (Lipinski definition) is 0. The summed E-state index contributed by atoms with van der Waals surface area (Å²) >= 11 is 0. The van der Waals surface area contributed by atoms with Crippen LogP contribution in [0, 0.1) is 5.92 Å². The molecule has 1 aromatic heterocycles. The van der Waals surface area contributed by atoms with E-state index < -0.39 is 0 Å². The smallest absolute Gasteiger partial charge is 0.119 e. The Balaban J connectivity index is 1.77. The highest BCUT2D eigenvalue weighted by molar-refractivity contribution is 5.60. The Kier molecular flexibility index (Phi) is 9.97. The van der Waals surface area contributed by atoms with Crippen LogP contribution >= 0.6 is 0 Å². The van der Waals surface area contributed by atoms with E-state index in [0.717, 1.165) is 42.4 Å². The fraction of sp³-hybridized carbons (Fsp3) is 0.560. The molecule has 2 rings (SSSR count). The van der Waals surface area contributed by atoms with Crippen molar-refractivity contribution in [2.45, 2.75) is 78.6 Å². The maximum absolute atomic E-state index is 5.86. The van der Waals surface area contributed by atoms with Crippen molar-refractivity contribution < 1.29 is 4.74 Å². The van der Waals surface area contributed by atoms with Gasteiger partial charge in [-0.2, -0.15) is 0 Å². The van der Waals surface area contributed by atoms with Gasteiger partial charge in [0.15, 0.2) is 0 Å². The Bertz CT molecular complexity index is 618. The van der Waals surface area contributed by atoms with Crippen LogP contribution < -0.4 is 4.74 Å². The molecule has 27 heavy (non-hydrogen) atoms. The summed E-state index contributed by atoms with van der Waals surface area (Å²) in [5.74, 6) is 1.74. The molecule has 0 N–H and O–H groups in total. The first-order chi connectivity index (χ1) is 13.2. The van der Waals surface area contributed by atoms with Crippen LogP contribution in [0.25, 0.3) is 11.3 Å². The van der Waals surface area contributed by atoms with Crippen LogP contribution in [0.4, 0.5) is 0 Å². The molecule has 0 aliphatic rings. The van der Waals surface area contributed by atoms with Gasteiger partial charge in [-0.05, 0) is 67.5 Å². The molecule has 0 spiro atoms. The van der Waals surface area contributed by atoms with Gasteiger partial charge in [-0.15, -0.1) is 0 Å². The van der Waals surface area contributed by atoms with Crippen LogP contribution in [-0.2, 0) is 6.42 Å². The average Bonchev–Trinajstić information content (AvgIpc) is 2.72. The highest BCUT2D eigenvalue weighted by atomic mass is 16.5. The van der Waals surface area contributed by atoms with Crippen LogP contribution in [0.5, 0.6) is 5.75 Å². The molecule has 0 fully saturated rings. The van der Waals surface area contributed by atoms with Gasteiger partial charge >= 0.3 is 0 Å². The molecule has 148 valence electrons. The topological polar surface area (TPSA) is 22.1 Å². The van der Waals surface area contributed by atoms with Gasteiger partial charge < -0.3 is 4.74 Å². The zero-order valence-corrected chi connectivity index (χ0v) is 17.5. The molecule has 1 heterocycles. The predicted octanol–water partition coefficient (Wildman–Crippen LogP) is 7.47. The third kappa shape index (κ3) is 8.15. The Morgan fingerprint density at radius 1 is 0.889 bits per heavy atom. The lowest BCUT2D eigenvalue weighted by atomic mass is 10.0. The average molecular weight is 368 g/mol. The third-order valence-electron chi connectivity index (χ3n) is 5.35. The van der Waals surface area contributed by atoms with Crippen LogP contribution in [0.15, 0.2) is 42.6 Å². The molecule has 2 aromatic rings. The van der Waals surface area contributed by atoms with E-state index in [1.807, 2.05) is 6.20 Å². The number of benzene rings is 1. The first-order valence-corrected chi connectivity index (χ1v) is 10.9. The number of aromatic nitrogens is 1. The molecule has 0 aliphatic carbocycles. The minimum Gasteiger partial charge on any atom is -0.494 e. The van der Waals surface area contributed by atoms with Crippen LogP contribution in [0.3, 0.4) is 0 Å². The normalized spacial score (nSPS) is 12.1. The first-order valence-electron chi connectivity index (χ1n) is 10.9. The van der Waals surface area contributed by atoms with Crippen molar-refractivity contribution in [1.29, 1.82) is 0 Å². The first kappa shape index (κ1) is 21.5. The van der Waals surface area contributed by atoms with E-state index in [-0.39, 0.29) is 0 Å². The molecule has 0 amide bonds. The molecule has 1 atom stereocenters. The number of aryl methyl sites for hydroxylation is 1. The molecule has 1 unspecified atom stereocenters. The lowest BCUT2D eigenvalue weighted by Gasteiger charge is -2.10. The summed E-state index contributed by atoms with van der Waals surface area (Å²) in [6.45, 7) is 7.61. The molecule has 0 saturated carbocycles. The van der Waals surface area contributed by atoms with Gasteiger partial charge in [0.1, 0.15) is 5.75 Å². The second-order valence-electron chi connectivity index (χ2n) is 7.74. The zero-order valence-electron chi connectivity index (χ0n) is 17.5. The lowest BCUT2D eigenvalue weighted by molar-refractivity contribution is 0.294. The number of pyridine rings is 1. The van der Waals surface area contributed by atoms with Gasteiger partial charge in [-0.25, -0.2) is 0 Å². The lowest BCUT2D eigenvalue weighted by Crippen LogP contribution is -2.00. The Morgan fingerprint density at radius 2 is 1.67 bits per heavy atom. The Morgan fingerprint density at radius 3 is 2.33 bits per heavy atom. The van der Waals surface area contributed by atoms with Gasteiger partial charge in [0, 0.05) is 11.8 Å².